The molecule has 0 aromatic carbocycles. The molecule has 6 aliphatic heterocycles. The van der Waals surface area contributed by atoms with Crippen molar-refractivity contribution < 1.29 is 176 Å². The average Bonchev–Trinajstić information content (AvgIpc) is 0.778. The number of halogens is 2. The number of carbonyl (C=O) groups is 3. The minimum atomic E-state index is -1.19. The predicted molar refractivity (Wildman–Crippen MR) is 425 cm³/mol. The molecule has 0 spiro atoms. The Balaban J connectivity index is 0.00000161. The number of alkyl halides is 1. The van der Waals surface area contributed by atoms with Gasteiger partial charge in [0.1, 0.15) is 34.3 Å². The number of carbonyl (C=O) groups excluding carboxylic acids is 3. The molecule has 642 valence electrons. The van der Waals surface area contributed by atoms with E-state index >= 15 is 0 Å². The molecule has 0 aliphatic carbocycles. The van der Waals surface area contributed by atoms with Gasteiger partial charge in [-0.25, -0.2) is 14.4 Å². The van der Waals surface area contributed by atoms with Gasteiger partial charge in [-0.15, -0.1) is 5.34 Å². The van der Waals surface area contributed by atoms with Crippen LogP contribution < -0.4 is 72.4 Å². The maximum absolute atomic E-state index is 12.6. The zero-order valence-electron chi connectivity index (χ0n) is 73.5. The predicted octanol–water partition coefficient (Wildman–Crippen LogP) is 5.63. The van der Waals surface area contributed by atoms with Crippen molar-refractivity contribution in [3.8, 4) is 0 Å². The molecule has 0 aromatic rings. The molecule has 6 rings (SSSR count). The molecular weight excluding hydrogens is 1760 g/mol. The summed E-state index contributed by atoms with van der Waals surface area (Å²) in [6.45, 7) is 40.9. The van der Waals surface area contributed by atoms with Gasteiger partial charge in [-0.05, 0) is 155 Å². The van der Waals surface area contributed by atoms with Crippen LogP contribution in [0.4, 0.5) is 0 Å². The number of nitrogens with zero attached hydrogens (tertiary/aromatic N) is 5. The standard InChI is InChI=1S/C26H46NO7P.C25H43INO7P.C25H43N2O9P.HI.Li.HNO2.Na/c1-12-15(2)14-26(8,30-11)22(17(4)20-18(5)23(28)34-25(6,7)33-20)32-24-21(35-29)19(27(9)10)13-16(3)31-24;1-14(13-26)12-25(7,30-10)21(16(3)19-17(4)22(28)34-24(5,6)33-19)32-23-20(35-29)18(27(8)9)11-15(2)31-23;1-14(13-27(29)30)12-25(7,32-10)21(16(3)19-17(4)22(28)36-24(5,6)35-19)34-23-20(37-31)18(26(8)9)11-15(2)33-23;;;2-1-3;/h15-17,19,21-22,24H,12-14H2,1-11H3;14-16,18,20-21,23H,11-13H2,1-10H3;14-16,18,20-21,23H,11-13H2,1-10H3;1H;;(H,2,3);/q;;;;+1;;+1/p-2/t15-,16+,17-,19?,21+,22+,24-,26+;2*14-,15-,16+,18?,20-,21-,23+,25-;;;;/m011..../s1. The summed E-state index contributed by atoms with van der Waals surface area (Å²) < 4.78 is 130. The Morgan fingerprint density at radius 1 is 0.531 bits per heavy atom. The second-order valence-electron chi connectivity index (χ2n) is 33.3. The number of cyclic esters (lactones) is 3. The summed E-state index contributed by atoms with van der Waals surface area (Å²) in [4.78, 5) is 62.9. The van der Waals surface area contributed by atoms with Crippen LogP contribution in [0.5, 0.6) is 0 Å². The van der Waals surface area contributed by atoms with Crippen molar-refractivity contribution in [1.29, 1.82) is 0 Å². The van der Waals surface area contributed by atoms with Crippen molar-refractivity contribution in [3.63, 3.8) is 0 Å². The molecule has 0 N–H and O–H groups in total. The van der Waals surface area contributed by atoms with Crippen molar-refractivity contribution in [2.75, 3.05) is 74.6 Å². The van der Waals surface area contributed by atoms with E-state index in [1.165, 1.54) is 7.11 Å². The molecule has 6 heterocycles. The summed E-state index contributed by atoms with van der Waals surface area (Å²) in [5.41, 5.74) is -2.59. The quantitative estimate of drug-likeness (QED) is 0.00867. The van der Waals surface area contributed by atoms with Crippen LogP contribution in [0.15, 0.2) is 39.3 Å². The first-order chi connectivity index (χ1) is 50.8. The van der Waals surface area contributed by atoms with Crippen LogP contribution in [0.3, 0.4) is 0 Å². The number of methoxy groups -OCH3 is 3. The molecule has 0 saturated carbocycles. The fourth-order valence-corrected chi connectivity index (χ4v) is 18.3. The maximum Gasteiger partial charge on any atom is 1.00 e. The van der Waals surface area contributed by atoms with Gasteiger partial charge in [0.05, 0.1) is 70.1 Å². The number of hydrogen-bond donors (Lipinski definition) is 0. The van der Waals surface area contributed by atoms with Gasteiger partial charge in [0.2, 0.25) is 23.9 Å². The van der Waals surface area contributed by atoms with E-state index in [9.17, 15) is 38.2 Å². The Kier molecular flexibility index (Phi) is 48.6. The van der Waals surface area contributed by atoms with Crippen molar-refractivity contribution in [3.05, 3.63) is 54.2 Å². The van der Waals surface area contributed by atoms with Crippen LogP contribution in [0.1, 0.15) is 197 Å². The molecule has 6 aliphatic rings. The van der Waals surface area contributed by atoms with Gasteiger partial charge in [0, 0.05) is 114 Å². The van der Waals surface area contributed by atoms with Gasteiger partial charge < -0.3 is 120 Å². The molecular formula is C76H132I2LiN5NaO25P3. The summed E-state index contributed by atoms with van der Waals surface area (Å²) in [6, 6.07) is -0.00311. The van der Waals surface area contributed by atoms with E-state index < -0.39 is 101 Å². The van der Waals surface area contributed by atoms with Crippen LogP contribution in [0.25, 0.3) is 0 Å². The largest absolute Gasteiger partial charge is 1.00 e. The first kappa shape index (κ1) is 112. The Hall–Kier alpha value is -1.29. The van der Waals surface area contributed by atoms with Crippen molar-refractivity contribution >= 4 is 65.9 Å². The van der Waals surface area contributed by atoms with Crippen LogP contribution in [0.2, 0.25) is 0 Å². The molecule has 0 amide bonds. The molecule has 30 nitrogen and oxygen atoms in total. The normalized spacial score (nSPS) is 29.5. The van der Waals surface area contributed by atoms with E-state index in [0.717, 1.165) is 41.9 Å². The van der Waals surface area contributed by atoms with E-state index in [0.29, 0.717) is 58.7 Å². The maximum atomic E-state index is 12.6. The first-order valence-corrected chi connectivity index (χ1v) is 42.1. The third-order valence-electron chi connectivity index (χ3n) is 21.6. The molecule has 37 heteroatoms. The smallest absolute Gasteiger partial charge is 1.00 e. The van der Waals surface area contributed by atoms with Crippen LogP contribution in [0, 0.1) is 55.7 Å². The van der Waals surface area contributed by atoms with E-state index in [4.69, 9.17) is 81.2 Å². The Morgan fingerprint density at radius 2 is 0.770 bits per heavy atom. The zero-order valence-corrected chi connectivity index (χ0v) is 82.5. The van der Waals surface area contributed by atoms with E-state index in [1.54, 1.807) is 83.5 Å². The number of nitro groups is 1. The van der Waals surface area contributed by atoms with Crippen molar-refractivity contribution in [2.45, 2.75) is 322 Å². The van der Waals surface area contributed by atoms with E-state index in [1.807, 2.05) is 109 Å². The molecule has 0 aromatic heterocycles. The van der Waals surface area contributed by atoms with E-state index in [-0.39, 0.29) is 175 Å². The molecule has 3 unspecified atom stereocenters. The summed E-state index contributed by atoms with van der Waals surface area (Å²) >= 11 is 2.38. The zero-order chi connectivity index (χ0) is 84.4. The Labute approximate surface area is 742 Å². The van der Waals surface area contributed by atoms with Gasteiger partial charge in [-0.2, -0.15) is 0 Å². The number of esters is 3. The molecule has 113 heavy (non-hydrogen) atoms. The van der Waals surface area contributed by atoms with Crippen LogP contribution in [-0.4, -0.2) is 237 Å². The molecule has 0 bridgehead atoms. The Bertz CT molecular complexity index is 3040. The van der Waals surface area contributed by atoms with Crippen LogP contribution >= 0.6 is 48.0 Å². The third-order valence-corrected chi connectivity index (χ3v) is 25.6. The topological polar surface area (TPSA) is 346 Å². The molecule has 3 saturated heterocycles. The number of ether oxygens (including phenoxy) is 15. The van der Waals surface area contributed by atoms with Gasteiger partial charge >= 0.3 is 66.3 Å². The van der Waals surface area contributed by atoms with Gasteiger partial charge in [0.15, 0.2) is 44.3 Å². The summed E-state index contributed by atoms with van der Waals surface area (Å²) in [6.07, 6.45) is 0.483. The van der Waals surface area contributed by atoms with Gasteiger partial charge in [-0.1, -0.05) is 77.5 Å². The third kappa shape index (κ3) is 31.2. The summed E-state index contributed by atoms with van der Waals surface area (Å²) in [7, 11) is 16.5. The van der Waals surface area contributed by atoms with Gasteiger partial charge in [-0.3, -0.25) is 23.8 Å². The summed E-state index contributed by atoms with van der Waals surface area (Å²) in [5, 5.41) is 20.2. The fourth-order valence-electron chi connectivity index (χ4n) is 15.7. The average molecular weight is 1890 g/mol. The monoisotopic (exact) mass is 1890 g/mol. The van der Waals surface area contributed by atoms with Gasteiger partial charge in [0.25, 0.3) is 0 Å². The second kappa shape index (κ2) is 49.1. The van der Waals surface area contributed by atoms with Crippen molar-refractivity contribution in [2.24, 2.45) is 40.8 Å². The Morgan fingerprint density at radius 3 is 0.973 bits per heavy atom. The van der Waals surface area contributed by atoms with E-state index in [2.05, 4.69) is 53.2 Å². The van der Waals surface area contributed by atoms with Crippen LogP contribution in [-0.2, 0) is 99.1 Å². The minimum Gasteiger partial charge on any atom is -1.00 e. The molecule has 3 fully saturated rings. The second-order valence-corrected chi connectivity index (χ2v) is 36.6. The summed E-state index contributed by atoms with van der Waals surface area (Å²) in [5.74, 6) is -4.12. The van der Waals surface area contributed by atoms with Crippen molar-refractivity contribution in [1.82, 2.24) is 14.7 Å². The fraction of sp³-hybridized carbons (Fsp3) is 0.882. The minimum absolute atomic E-state index is 0. The SMILES string of the molecule is CC[C@H](C)C[C@@](C)(OC)[C@H](O[C@@H]1O[C@H](C)CC(N(C)C)[C@H]1P=O)[C@@H](C)C1=C(C)C(=O)OC(C)(C)O1.CO[C@](C)(C[C@@H](C)CI)[C@H](O[C@@H]1O[C@H](C)CC(N(C)C)[C@H]1P=O)[C@@H](C)C1=C(C)C(=O)OC(C)(C)O1.CO[C@](C)(C[C@@H](C)C[N+](=O)[O-])[C@H](O[C@@H]1O[C@H](C)CC(N(C)C)[C@H]1P=O)[C@@H](C)C1=C(C)C(=O)OC(C)(C)O1.O=N[O-].[I-].[Li+].[Na+]. The number of rotatable bonds is 34. The molecule has 0 radical (unpaired) electrons. The number of hydrogen-bond acceptors (Lipinski definition) is 29. The first-order valence-electron chi connectivity index (χ1n) is 37.9. The molecule has 24 atom stereocenters.